The number of benzene rings is 1. The monoisotopic (exact) mass is 240 g/mol. The Kier molecular flexibility index (Phi) is 4.86. The van der Waals surface area contributed by atoms with Gasteiger partial charge in [-0.2, -0.15) is 0 Å². The molecule has 1 aromatic carbocycles. The highest BCUT2D eigenvalue weighted by Gasteiger charge is 2.17. The van der Waals surface area contributed by atoms with Crippen molar-refractivity contribution in [2.75, 3.05) is 13.7 Å². The van der Waals surface area contributed by atoms with E-state index in [-0.39, 0.29) is 17.5 Å². The van der Waals surface area contributed by atoms with Crippen molar-refractivity contribution in [2.24, 2.45) is 5.73 Å². The minimum atomic E-state index is -0.477. The molecular weight excluding hydrogens is 224 g/mol. The highest BCUT2D eigenvalue weighted by Crippen LogP contribution is 2.28. The maximum atomic E-state index is 10.8. The summed E-state index contributed by atoms with van der Waals surface area (Å²) in [6.45, 7) is 2.46. The van der Waals surface area contributed by atoms with Crippen molar-refractivity contribution in [2.45, 2.75) is 19.6 Å². The van der Waals surface area contributed by atoms with E-state index in [1.807, 2.05) is 0 Å². The molecule has 0 bridgehead atoms. The van der Waals surface area contributed by atoms with Gasteiger partial charge < -0.3 is 15.2 Å². The van der Waals surface area contributed by atoms with Crippen LogP contribution < -0.4 is 10.5 Å². The highest BCUT2D eigenvalue weighted by atomic mass is 16.6. The second kappa shape index (κ2) is 6.17. The van der Waals surface area contributed by atoms with E-state index in [2.05, 4.69) is 0 Å². The Balaban J connectivity index is 2.96. The molecule has 1 aromatic rings. The summed E-state index contributed by atoms with van der Waals surface area (Å²) in [7, 11) is 1.55. The maximum Gasteiger partial charge on any atom is 0.310 e. The molecule has 0 radical (unpaired) electrons. The van der Waals surface area contributed by atoms with Crippen LogP contribution in [0.3, 0.4) is 0 Å². The second-order valence-electron chi connectivity index (χ2n) is 3.65. The van der Waals surface area contributed by atoms with Crippen molar-refractivity contribution < 1.29 is 14.4 Å². The molecule has 0 aromatic heterocycles. The third-order valence-corrected chi connectivity index (χ3v) is 2.19. The minimum absolute atomic E-state index is 0.0647. The van der Waals surface area contributed by atoms with Crippen molar-refractivity contribution in [3.05, 3.63) is 33.9 Å². The molecule has 2 N–H and O–H groups in total. The standard InChI is InChI=1S/C11H16N2O4/c1-8(7-16-2)17-11-5-9(6-12)3-4-10(11)13(14)15/h3-5,8H,6-7,12H2,1-2H3. The molecule has 1 unspecified atom stereocenters. The molecule has 1 rings (SSSR count). The van der Waals surface area contributed by atoms with Gasteiger partial charge in [0.25, 0.3) is 0 Å². The smallest absolute Gasteiger partial charge is 0.310 e. The van der Waals surface area contributed by atoms with Crippen molar-refractivity contribution in [1.82, 2.24) is 0 Å². The van der Waals surface area contributed by atoms with Crippen LogP contribution >= 0.6 is 0 Å². The number of hydrogen-bond donors (Lipinski definition) is 1. The van der Waals surface area contributed by atoms with Gasteiger partial charge in [0.1, 0.15) is 6.10 Å². The van der Waals surface area contributed by atoms with Gasteiger partial charge in [-0.25, -0.2) is 0 Å². The van der Waals surface area contributed by atoms with E-state index < -0.39 is 4.92 Å². The molecule has 0 aliphatic carbocycles. The first-order chi connectivity index (χ1) is 8.08. The Bertz CT molecular complexity index is 395. The van der Waals surface area contributed by atoms with E-state index in [9.17, 15) is 10.1 Å². The van der Waals surface area contributed by atoms with E-state index in [1.165, 1.54) is 6.07 Å². The first-order valence-electron chi connectivity index (χ1n) is 5.21. The average molecular weight is 240 g/mol. The lowest BCUT2D eigenvalue weighted by atomic mass is 10.2. The molecule has 6 nitrogen and oxygen atoms in total. The van der Waals surface area contributed by atoms with Gasteiger partial charge in [0.05, 0.1) is 11.5 Å². The summed E-state index contributed by atoms with van der Waals surface area (Å²) < 4.78 is 10.4. The molecular formula is C11H16N2O4. The molecule has 0 aliphatic rings. The number of nitrogens with two attached hydrogens (primary N) is 1. The number of methoxy groups -OCH3 is 1. The molecule has 0 heterocycles. The zero-order chi connectivity index (χ0) is 12.8. The summed E-state index contributed by atoms with van der Waals surface area (Å²) >= 11 is 0. The fraction of sp³-hybridized carbons (Fsp3) is 0.455. The molecule has 0 amide bonds. The summed E-state index contributed by atoms with van der Waals surface area (Å²) in [4.78, 5) is 10.3. The van der Waals surface area contributed by atoms with Crippen LogP contribution in [0.5, 0.6) is 5.75 Å². The quantitative estimate of drug-likeness (QED) is 0.600. The summed E-state index contributed by atoms with van der Waals surface area (Å²) in [5, 5.41) is 10.8. The number of ether oxygens (including phenoxy) is 2. The number of rotatable bonds is 6. The highest BCUT2D eigenvalue weighted by molar-refractivity contribution is 5.48. The topological polar surface area (TPSA) is 87.6 Å². The van der Waals surface area contributed by atoms with Crippen LogP contribution in [0.25, 0.3) is 0 Å². The lowest BCUT2D eigenvalue weighted by Crippen LogP contribution is -2.18. The van der Waals surface area contributed by atoms with Gasteiger partial charge in [-0.05, 0) is 18.6 Å². The predicted molar refractivity (Wildman–Crippen MR) is 63.0 cm³/mol. The maximum absolute atomic E-state index is 10.8. The first kappa shape index (κ1) is 13.4. The fourth-order valence-corrected chi connectivity index (χ4v) is 1.42. The van der Waals surface area contributed by atoms with Crippen LogP contribution in [0.15, 0.2) is 18.2 Å². The number of nitrogens with zero attached hydrogens (tertiary/aromatic N) is 1. The van der Waals surface area contributed by atoms with Crippen LogP contribution in [-0.2, 0) is 11.3 Å². The lowest BCUT2D eigenvalue weighted by molar-refractivity contribution is -0.386. The zero-order valence-electron chi connectivity index (χ0n) is 9.88. The number of nitro groups is 1. The van der Waals surface area contributed by atoms with Gasteiger partial charge >= 0.3 is 5.69 Å². The Morgan fingerprint density at radius 2 is 2.24 bits per heavy atom. The van der Waals surface area contributed by atoms with Gasteiger partial charge in [-0.1, -0.05) is 6.07 Å². The number of hydrogen-bond acceptors (Lipinski definition) is 5. The largest absolute Gasteiger partial charge is 0.481 e. The van der Waals surface area contributed by atoms with Crippen LogP contribution in [0.4, 0.5) is 5.69 Å². The van der Waals surface area contributed by atoms with E-state index in [0.29, 0.717) is 13.2 Å². The van der Waals surface area contributed by atoms with E-state index in [4.69, 9.17) is 15.2 Å². The first-order valence-corrected chi connectivity index (χ1v) is 5.21. The van der Waals surface area contributed by atoms with Gasteiger partial charge in [-0.3, -0.25) is 10.1 Å². The van der Waals surface area contributed by atoms with Gasteiger partial charge in [0.15, 0.2) is 5.75 Å². The molecule has 0 aliphatic heterocycles. The van der Waals surface area contributed by atoms with Gasteiger partial charge in [0.2, 0.25) is 0 Å². The number of nitro benzene ring substituents is 1. The summed E-state index contributed by atoms with van der Waals surface area (Å²) in [5.74, 6) is 0.225. The van der Waals surface area contributed by atoms with Gasteiger partial charge in [-0.15, -0.1) is 0 Å². The average Bonchev–Trinajstić information content (AvgIpc) is 2.28. The molecule has 1 atom stereocenters. The predicted octanol–water partition coefficient (Wildman–Crippen LogP) is 1.47. The normalized spacial score (nSPS) is 12.2. The van der Waals surface area contributed by atoms with E-state index in [1.54, 1.807) is 26.2 Å². The Morgan fingerprint density at radius 3 is 2.76 bits per heavy atom. The van der Waals surface area contributed by atoms with Crippen molar-refractivity contribution in [3.8, 4) is 5.75 Å². The van der Waals surface area contributed by atoms with Crippen LogP contribution in [0.1, 0.15) is 12.5 Å². The second-order valence-corrected chi connectivity index (χ2v) is 3.65. The van der Waals surface area contributed by atoms with Crippen LogP contribution in [-0.4, -0.2) is 24.7 Å². The Hall–Kier alpha value is -1.66. The third-order valence-electron chi connectivity index (χ3n) is 2.19. The molecule has 0 fully saturated rings. The third kappa shape index (κ3) is 3.69. The summed E-state index contributed by atoms with van der Waals surface area (Å²) in [6, 6.07) is 4.60. The van der Waals surface area contributed by atoms with E-state index in [0.717, 1.165) is 5.56 Å². The van der Waals surface area contributed by atoms with Crippen LogP contribution in [0, 0.1) is 10.1 Å². The summed E-state index contributed by atoms with van der Waals surface area (Å²) in [6.07, 6.45) is -0.258. The van der Waals surface area contributed by atoms with Crippen molar-refractivity contribution in [1.29, 1.82) is 0 Å². The molecule has 0 spiro atoms. The molecule has 0 saturated carbocycles. The molecule has 6 heteroatoms. The summed E-state index contributed by atoms with van der Waals surface area (Å²) in [5.41, 5.74) is 6.21. The van der Waals surface area contributed by atoms with Crippen molar-refractivity contribution >= 4 is 5.69 Å². The molecule has 94 valence electrons. The molecule has 17 heavy (non-hydrogen) atoms. The molecule has 0 saturated heterocycles. The Labute approximate surface area is 99.5 Å². The zero-order valence-corrected chi connectivity index (χ0v) is 9.88. The van der Waals surface area contributed by atoms with Crippen molar-refractivity contribution in [3.63, 3.8) is 0 Å². The SMILES string of the molecule is COCC(C)Oc1cc(CN)ccc1[N+](=O)[O-]. The Morgan fingerprint density at radius 1 is 1.53 bits per heavy atom. The van der Waals surface area contributed by atoms with Crippen LogP contribution in [0.2, 0.25) is 0 Å². The fourth-order valence-electron chi connectivity index (χ4n) is 1.42. The minimum Gasteiger partial charge on any atom is -0.481 e. The lowest BCUT2D eigenvalue weighted by Gasteiger charge is -2.14. The van der Waals surface area contributed by atoms with E-state index >= 15 is 0 Å². The van der Waals surface area contributed by atoms with Gasteiger partial charge in [0, 0.05) is 19.7 Å².